The number of hydrogen-bond donors (Lipinski definition) is 0. The van der Waals surface area contributed by atoms with Gasteiger partial charge in [0, 0.05) is 23.7 Å². The summed E-state index contributed by atoms with van der Waals surface area (Å²) in [6.07, 6.45) is 0.799. The molecule has 0 spiro atoms. The van der Waals surface area contributed by atoms with Crippen molar-refractivity contribution in [3.63, 3.8) is 0 Å². The molecule has 0 saturated carbocycles. The van der Waals surface area contributed by atoms with Gasteiger partial charge in [-0.1, -0.05) is 85.7 Å². The first-order valence-electron chi connectivity index (χ1n) is 8.45. The van der Waals surface area contributed by atoms with E-state index in [0.29, 0.717) is 5.92 Å². The molecule has 3 rings (SSSR count). The fourth-order valence-corrected chi connectivity index (χ4v) is 3.89. The molecule has 0 bridgehead atoms. The van der Waals surface area contributed by atoms with Gasteiger partial charge in [0.2, 0.25) is 0 Å². The molecule has 0 atom stereocenters. The summed E-state index contributed by atoms with van der Waals surface area (Å²) in [6.45, 7) is 5.35. The van der Waals surface area contributed by atoms with Crippen LogP contribution in [0.5, 0.6) is 0 Å². The first-order valence-corrected chi connectivity index (χ1v) is 9.82. The maximum absolute atomic E-state index is 6.27. The summed E-state index contributed by atoms with van der Waals surface area (Å²) in [5.74, 6) is 2.34. The molecule has 5 heteroatoms. The van der Waals surface area contributed by atoms with Gasteiger partial charge in [0.25, 0.3) is 0 Å². The molecule has 3 nitrogen and oxygen atoms in total. The molecule has 0 N–H and O–H groups in total. The fraction of sp³-hybridized carbons (Fsp3) is 0.300. The van der Waals surface area contributed by atoms with Crippen LogP contribution in [0.25, 0.3) is 0 Å². The molecule has 0 aliphatic heterocycles. The van der Waals surface area contributed by atoms with Crippen LogP contribution in [0.15, 0.2) is 59.8 Å². The Balaban J connectivity index is 1.80. The molecule has 0 amide bonds. The second-order valence-electron chi connectivity index (χ2n) is 6.45. The highest BCUT2D eigenvalue weighted by atomic mass is 35.5. The average Bonchev–Trinajstić information content (AvgIpc) is 2.96. The Morgan fingerprint density at radius 1 is 1.00 bits per heavy atom. The smallest absolute Gasteiger partial charge is 0.191 e. The van der Waals surface area contributed by atoms with E-state index in [1.165, 1.54) is 5.56 Å². The molecular weight excluding hydrogens is 350 g/mol. The molecule has 0 aliphatic carbocycles. The first kappa shape index (κ1) is 18.0. The third-order valence-corrected chi connectivity index (χ3v) is 5.25. The van der Waals surface area contributed by atoms with Crippen molar-refractivity contribution in [3.8, 4) is 0 Å². The monoisotopic (exact) mass is 371 g/mol. The first-order chi connectivity index (χ1) is 12.1. The van der Waals surface area contributed by atoms with Crippen LogP contribution in [-0.4, -0.2) is 14.8 Å². The zero-order valence-corrected chi connectivity index (χ0v) is 16.1. The topological polar surface area (TPSA) is 30.7 Å². The average molecular weight is 372 g/mol. The molecule has 130 valence electrons. The highest BCUT2D eigenvalue weighted by Gasteiger charge is 2.15. The SMILES string of the molecule is CC(C)Cn1c(Cc2ccccc2)nnc1SCc1ccccc1Cl. The van der Waals surface area contributed by atoms with E-state index in [-0.39, 0.29) is 0 Å². The summed E-state index contributed by atoms with van der Waals surface area (Å²) in [6, 6.07) is 18.4. The normalized spacial score (nSPS) is 11.2. The molecule has 0 unspecified atom stereocenters. The quantitative estimate of drug-likeness (QED) is 0.516. The number of halogens is 1. The number of nitrogens with zero attached hydrogens (tertiary/aromatic N) is 3. The van der Waals surface area contributed by atoms with Crippen molar-refractivity contribution in [2.75, 3.05) is 0 Å². The van der Waals surface area contributed by atoms with E-state index in [1.807, 2.05) is 24.3 Å². The van der Waals surface area contributed by atoms with Crippen molar-refractivity contribution in [3.05, 3.63) is 76.6 Å². The zero-order valence-electron chi connectivity index (χ0n) is 14.5. The van der Waals surface area contributed by atoms with Crippen molar-refractivity contribution >= 4 is 23.4 Å². The third-order valence-electron chi connectivity index (χ3n) is 3.86. The van der Waals surface area contributed by atoms with E-state index in [2.05, 4.69) is 58.9 Å². The Labute approximate surface area is 158 Å². The maximum atomic E-state index is 6.27. The Hall–Kier alpha value is -1.78. The van der Waals surface area contributed by atoms with E-state index >= 15 is 0 Å². The summed E-state index contributed by atoms with van der Waals surface area (Å²) in [7, 11) is 0. The van der Waals surface area contributed by atoms with Gasteiger partial charge in [-0.05, 0) is 23.1 Å². The lowest BCUT2D eigenvalue weighted by Gasteiger charge is -2.13. The molecule has 0 aliphatic rings. The van der Waals surface area contributed by atoms with Crippen molar-refractivity contribution < 1.29 is 0 Å². The molecular formula is C20H22ClN3S. The molecule has 0 radical (unpaired) electrons. The van der Waals surface area contributed by atoms with Gasteiger partial charge >= 0.3 is 0 Å². The standard InChI is InChI=1S/C20H22ClN3S/c1-15(2)13-24-19(12-16-8-4-3-5-9-16)22-23-20(24)25-14-17-10-6-7-11-18(17)21/h3-11,15H,12-14H2,1-2H3. The van der Waals surface area contributed by atoms with Gasteiger partial charge < -0.3 is 4.57 Å². The number of aromatic nitrogens is 3. The number of hydrogen-bond acceptors (Lipinski definition) is 3. The second kappa shape index (κ2) is 8.54. The molecule has 1 heterocycles. The van der Waals surface area contributed by atoms with Gasteiger partial charge in [0.15, 0.2) is 5.16 Å². The maximum Gasteiger partial charge on any atom is 0.191 e. The van der Waals surface area contributed by atoms with Gasteiger partial charge in [0.05, 0.1) is 0 Å². The summed E-state index contributed by atoms with van der Waals surface area (Å²) >= 11 is 7.96. The van der Waals surface area contributed by atoms with Crippen LogP contribution >= 0.6 is 23.4 Å². The van der Waals surface area contributed by atoms with E-state index < -0.39 is 0 Å². The van der Waals surface area contributed by atoms with Gasteiger partial charge in [-0.2, -0.15) is 0 Å². The van der Waals surface area contributed by atoms with E-state index in [4.69, 9.17) is 11.6 Å². The summed E-state index contributed by atoms with van der Waals surface area (Å²) in [5, 5.41) is 10.7. The van der Waals surface area contributed by atoms with Crippen molar-refractivity contribution in [2.45, 2.75) is 37.7 Å². The van der Waals surface area contributed by atoms with Crippen LogP contribution in [0, 0.1) is 5.92 Å². The van der Waals surface area contributed by atoms with Gasteiger partial charge in [-0.25, -0.2) is 0 Å². The predicted molar refractivity (Wildman–Crippen MR) is 105 cm³/mol. The fourth-order valence-electron chi connectivity index (χ4n) is 2.64. The Morgan fingerprint density at radius 2 is 1.72 bits per heavy atom. The van der Waals surface area contributed by atoms with Crippen molar-refractivity contribution in [1.82, 2.24) is 14.8 Å². The lowest BCUT2D eigenvalue weighted by molar-refractivity contribution is 0.482. The molecule has 0 saturated heterocycles. The van der Waals surface area contributed by atoms with E-state index in [9.17, 15) is 0 Å². The minimum Gasteiger partial charge on any atom is -0.305 e. The lowest BCUT2D eigenvalue weighted by Crippen LogP contribution is -2.10. The Kier molecular flexibility index (Phi) is 6.16. The minimum absolute atomic E-state index is 0.533. The Morgan fingerprint density at radius 3 is 2.44 bits per heavy atom. The van der Waals surface area contributed by atoms with Crippen LogP contribution in [0.1, 0.15) is 30.8 Å². The predicted octanol–water partition coefficient (Wildman–Crippen LogP) is 5.47. The van der Waals surface area contributed by atoms with Crippen molar-refractivity contribution in [2.24, 2.45) is 5.92 Å². The van der Waals surface area contributed by atoms with Crippen LogP contribution in [0.4, 0.5) is 0 Å². The van der Waals surface area contributed by atoms with Crippen LogP contribution in [0.2, 0.25) is 5.02 Å². The number of rotatable bonds is 7. The minimum atomic E-state index is 0.533. The molecule has 25 heavy (non-hydrogen) atoms. The summed E-state index contributed by atoms with van der Waals surface area (Å²) < 4.78 is 2.25. The molecule has 3 aromatic rings. The van der Waals surface area contributed by atoms with Gasteiger partial charge in [-0.3, -0.25) is 0 Å². The zero-order chi connectivity index (χ0) is 17.6. The summed E-state index contributed by atoms with van der Waals surface area (Å²) in [5.41, 5.74) is 2.38. The second-order valence-corrected chi connectivity index (χ2v) is 7.80. The van der Waals surface area contributed by atoms with Crippen molar-refractivity contribution in [1.29, 1.82) is 0 Å². The van der Waals surface area contributed by atoms with E-state index in [0.717, 1.165) is 40.3 Å². The van der Waals surface area contributed by atoms with Gasteiger partial charge in [-0.15, -0.1) is 10.2 Å². The molecule has 0 fully saturated rings. The molecule has 2 aromatic carbocycles. The van der Waals surface area contributed by atoms with Gasteiger partial charge in [0.1, 0.15) is 5.82 Å². The van der Waals surface area contributed by atoms with Crippen LogP contribution in [0.3, 0.4) is 0 Å². The highest BCUT2D eigenvalue weighted by molar-refractivity contribution is 7.98. The number of thioether (sulfide) groups is 1. The van der Waals surface area contributed by atoms with Crippen LogP contribution in [-0.2, 0) is 18.7 Å². The third kappa shape index (κ3) is 4.86. The summed E-state index contributed by atoms with van der Waals surface area (Å²) in [4.78, 5) is 0. The lowest BCUT2D eigenvalue weighted by atomic mass is 10.1. The number of benzene rings is 2. The molecule has 1 aromatic heterocycles. The largest absolute Gasteiger partial charge is 0.305 e. The Bertz CT molecular complexity index is 815. The highest BCUT2D eigenvalue weighted by Crippen LogP contribution is 2.27. The van der Waals surface area contributed by atoms with Crippen LogP contribution < -0.4 is 0 Å². The van der Waals surface area contributed by atoms with E-state index in [1.54, 1.807) is 11.8 Å².